The lowest BCUT2D eigenvalue weighted by molar-refractivity contribution is 1.10. The second-order valence-electron chi connectivity index (χ2n) is 4.75. The Hall–Kier alpha value is -1.34. The molecule has 3 rings (SSSR count). The van der Waals surface area contributed by atoms with Gasteiger partial charge < -0.3 is 5.32 Å². The van der Waals surface area contributed by atoms with Gasteiger partial charge >= 0.3 is 0 Å². The number of rotatable bonds is 1. The summed E-state index contributed by atoms with van der Waals surface area (Å²) in [6, 6.07) is 10.3. The van der Waals surface area contributed by atoms with Gasteiger partial charge in [0.15, 0.2) is 0 Å². The number of nitriles is 1. The number of para-hydroxylation sites is 1. The third-order valence-corrected chi connectivity index (χ3v) is 5.41. The van der Waals surface area contributed by atoms with E-state index >= 15 is 0 Å². The minimum absolute atomic E-state index is 0.231. The first-order valence-corrected chi connectivity index (χ1v) is 8.27. The van der Waals surface area contributed by atoms with E-state index in [0.29, 0.717) is 16.5 Å². The molecule has 0 fully saturated rings. The number of benzene rings is 1. The van der Waals surface area contributed by atoms with Gasteiger partial charge in [0.05, 0.1) is 23.2 Å². The van der Waals surface area contributed by atoms with Crippen molar-refractivity contribution in [1.82, 2.24) is 0 Å². The number of anilines is 1. The number of fused-ring (bicyclic) bond motifs is 1. The summed E-state index contributed by atoms with van der Waals surface area (Å²) >= 11 is 14.4. The van der Waals surface area contributed by atoms with Crippen LogP contribution in [0, 0.1) is 11.3 Å². The van der Waals surface area contributed by atoms with Crippen LogP contribution in [0.2, 0.25) is 0 Å². The van der Waals surface area contributed by atoms with Crippen LogP contribution in [0.4, 0.5) is 5.69 Å². The summed E-state index contributed by atoms with van der Waals surface area (Å²) in [5, 5.41) is 13.6. The van der Waals surface area contributed by atoms with Gasteiger partial charge in [-0.15, -0.1) is 11.8 Å². The molecule has 1 aromatic carbocycles. The van der Waals surface area contributed by atoms with Crippen LogP contribution in [-0.2, 0) is 0 Å². The van der Waals surface area contributed by atoms with Crippen molar-refractivity contribution < 1.29 is 0 Å². The summed E-state index contributed by atoms with van der Waals surface area (Å²) in [5.74, 6) is 0.841. The molecule has 0 unspecified atom stereocenters. The number of halogens is 2. The summed E-state index contributed by atoms with van der Waals surface area (Å²) in [5.41, 5.74) is 3.95. The second kappa shape index (κ2) is 6.19. The Labute approximate surface area is 138 Å². The molecule has 0 amide bonds. The predicted molar refractivity (Wildman–Crippen MR) is 89.5 cm³/mol. The maximum absolute atomic E-state index is 8.92. The first-order valence-electron chi connectivity index (χ1n) is 6.53. The third-order valence-electron chi connectivity index (χ3n) is 3.47. The minimum atomic E-state index is 0.231. The lowest BCUT2D eigenvalue weighted by atomic mass is 9.98. The third kappa shape index (κ3) is 2.85. The van der Waals surface area contributed by atoms with Crippen molar-refractivity contribution in [2.75, 3.05) is 11.1 Å². The molecule has 0 spiro atoms. The zero-order valence-corrected chi connectivity index (χ0v) is 13.4. The number of allylic oxidation sites excluding steroid dienone is 5. The van der Waals surface area contributed by atoms with Gasteiger partial charge in [0.25, 0.3) is 0 Å². The Morgan fingerprint density at radius 3 is 2.90 bits per heavy atom. The van der Waals surface area contributed by atoms with Gasteiger partial charge in [0.2, 0.25) is 0 Å². The molecule has 1 heterocycles. The molecule has 0 saturated heterocycles. The fraction of sp³-hybridized carbons (Fsp3) is 0.188. The van der Waals surface area contributed by atoms with Crippen molar-refractivity contribution >= 4 is 40.7 Å². The van der Waals surface area contributed by atoms with Crippen molar-refractivity contribution in [3.05, 3.63) is 57.2 Å². The molecule has 1 aromatic rings. The van der Waals surface area contributed by atoms with Crippen LogP contribution in [0.5, 0.6) is 0 Å². The molecular formula is C16H12Cl2N2S. The number of hydrogen-bond acceptors (Lipinski definition) is 3. The first kappa shape index (κ1) is 14.6. The van der Waals surface area contributed by atoms with Crippen molar-refractivity contribution in [2.45, 2.75) is 17.7 Å². The van der Waals surface area contributed by atoms with Crippen molar-refractivity contribution in [1.29, 1.82) is 5.26 Å². The fourth-order valence-electron chi connectivity index (χ4n) is 2.40. The van der Waals surface area contributed by atoms with E-state index in [1.165, 1.54) is 4.90 Å². The van der Waals surface area contributed by atoms with Crippen LogP contribution in [0.15, 0.2) is 62.1 Å². The highest BCUT2D eigenvalue weighted by atomic mass is 35.5. The van der Waals surface area contributed by atoms with E-state index in [1.807, 2.05) is 18.2 Å². The second-order valence-corrected chi connectivity index (χ2v) is 6.55. The summed E-state index contributed by atoms with van der Waals surface area (Å²) in [6.07, 6.45) is 2.85. The molecule has 0 bridgehead atoms. The molecule has 0 atom stereocenters. The standard InChI is InChI=1S/C16H12Cl2N2S/c17-12-6-5-11(16(18)10(12)7-8-19)14-9-21-15-4-2-1-3-13(15)20-14/h1-4,6,20H,5,7,9H2. The Kier molecular flexibility index (Phi) is 4.30. The van der Waals surface area contributed by atoms with Crippen molar-refractivity contribution in [3.63, 3.8) is 0 Å². The smallest absolute Gasteiger partial charge is 0.0670 e. The lowest BCUT2D eigenvalue weighted by Crippen LogP contribution is -2.13. The van der Waals surface area contributed by atoms with E-state index in [1.54, 1.807) is 11.8 Å². The minimum Gasteiger partial charge on any atom is -0.357 e. The first-order chi connectivity index (χ1) is 10.2. The number of nitrogens with one attached hydrogen (secondary N) is 1. The summed E-state index contributed by atoms with van der Waals surface area (Å²) in [6.45, 7) is 0. The van der Waals surface area contributed by atoms with Crippen LogP contribution in [-0.4, -0.2) is 5.75 Å². The van der Waals surface area contributed by atoms with Crippen LogP contribution >= 0.6 is 35.0 Å². The molecule has 0 aromatic heterocycles. The van der Waals surface area contributed by atoms with Gasteiger partial charge in [-0.05, 0) is 24.1 Å². The highest BCUT2D eigenvalue weighted by Gasteiger charge is 2.22. The summed E-state index contributed by atoms with van der Waals surface area (Å²) in [4.78, 5) is 1.24. The zero-order chi connectivity index (χ0) is 14.8. The largest absolute Gasteiger partial charge is 0.357 e. The molecule has 2 aliphatic rings. The molecule has 21 heavy (non-hydrogen) atoms. The van der Waals surface area contributed by atoms with Crippen molar-refractivity contribution in [3.8, 4) is 6.07 Å². The number of thioether (sulfide) groups is 1. The Bertz CT molecular complexity index is 726. The van der Waals surface area contributed by atoms with Gasteiger partial charge in [0.1, 0.15) is 0 Å². The quantitative estimate of drug-likeness (QED) is 0.747. The monoisotopic (exact) mass is 334 g/mol. The average Bonchev–Trinajstić information content (AvgIpc) is 2.51. The van der Waals surface area contributed by atoms with Crippen LogP contribution < -0.4 is 5.32 Å². The Balaban J connectivity index is 2.00. The van der Waals surface area contributed by atoms with Gasteiger partial charge in [-0.1, -0.05) is 41.4 Å². The Morgan fingerprint density at radius 2 is 2.10 bits per heavy atom. The highest BCUT2D eigenvalue weighted by molar-refractivity contribution is 7.99. The predicted octanol–water partition coefficient (Wildman–Crippen LogP) is 5.39. The van der Waals surface area contributed by atoms with E-state index in [-0.39, 0.29) is 6.42 Å². The lowest BCUT2D eigenvalue weighted by Gasteiger charge is -2.25. The van der Waals surface area contributed by atoms with E-state index in [4.69, 9.17) is 28.5 Å². The topological polar surface area (TPSA) is 35.8 Å². The SMILES string of the molecule is N#CCC1=C(Cl)C(=C2CSc3ccccc3N2)CC=C1Cl. The van der Waals surface area contributed by atoms with E-state index in [9.17, 15) is 0 Å². The fourth-order valence-corrected chi connectivity index (χ4v) is 4.04. The van der Waals surface area contributed by atoms with Gasteiger partial charge in [-0.3, -0.25) is 0 Å². The maximum Gasteiger partial charge on any atom is 0.0670 e. The average molecular weight is 335 g/mol. The summed E-state index contributed by atoms with van der Waals surface area (Å²) < 4.78 is 0. The van der Waals surface area contributed by atoms with Gasteiger partial charge in [-0.2, -0.15) is 5.26 Å². The summed E-state index contributed by atoms with van der Waals surface area (Å²) in [7, 11) is 0. The van der Waals surface area contributed by atoms with Crippen LogP contribution in [0.1, 0.15) is 12.8 Å². The molecule has 106 valence electrons. The van der Waals surface area contributed by atoms with E-state index in [0.717, 1.165) is 28.3 Å². The van der Waals surface area contributed by atoms with Gasteiger partial charge in [-0.25, -0.2) is 0 Å². The number of hydrogen-bond donors (Lipinski definition) is 1. The van der Waals surface area contributed by atoms with Crippen LogP contribution in [0.25, 0.3) is 0 Å². The normalized spacial score (nSPS) is 21.3. The van der Waals surface area contributed by atoms with E-state index < -0.39 is 0 Å². The Morgan fingerprint density at radius 1 is 1.29 bits per heavy atom. The maximum atomic E-state index is 8.92. The van der Waals surface area contributed by atoms with Gasteiger partial charge in [0, 0.05) is 27.0 Å². The zero-order valence-electron chi connectivity index (χ0n) is 11.1. The van der Waals surface area contributed by atoms with Crippen LogP contribution in [0.3, 0.4) is 0 Å². The molecule has 0 saturated carbocycles. The molecule has 2 nitrogen and oxygen atoms in total. The molecule has 1 N–H and O–H groups in total. The van der Waals surface area contributed by atoms with Crippen molar-refractivity contribution in [2.24, 2.45) is 0 Å². The molecular weight excluding hydrogens is 323 g/mol. The highest BCUT2D eigenvalue weighted by Crippen LogP contribution is 2.41. The molecule has 1 aliphatic heterocycles. The molecule has 5 heteroatoms. The molecule has 0 radical (unpaired) electrons. The van der Waals surface area contributed by atoms with E-state index in [2.05, 4.69) is 23.5 Å². The number of nitrogens with zero attached hydrogens (tertiary/aromatic N) is 1. The molecule has 1 aliphatic carbocycles.